The van der Waals surface area contributed by atoms with E-state index >= 15 is 0 Å². The molecule has 0 saturated heterocycles. The van der Waals surface area contributed by atoms with Crippen molar-refractivity contribution in [3.05, 3.63) is 47.5 Å². The SMILES string of the molecule is COC(=O)CCN1CCc2cc(Oc3cccc4c3nc(N)n4CCCO)ccc2C1=O. The maximum atomic E-state index is 12.8. The number of imidazole rings is 1. The summed E-state index contributed by atoms with van der Waals surface area (Å²) in [6.45, 7) is 1.51. The van der Waals surface area contributed by atoms with Crippen molar-refractivity contribution >= 4 is 28.9 Å². The van der Waals surface area contributed by atoms with Crippen LogP contribution < -0.4 is 10.5 Å². The van der Waals surface area contributed by atoms with Crippen molar-refractivity contribution in [2.24, 2.45) is 0 Å². The average molecular weight is 438 g/mol. The molecule has 2 heterocycles. The van der Waals surface area contributed by atoms with Gasteiger partial charge < -0.3 is 29.8 Å². The van der Waals surface area contributed by atoms with Crippen LogP contribution in [0.4, 0.5) is 5.95 Å². The first-order valence-corrected chi connectivity index (χ1v) is 10.5. The Morgan fingerprint density at radius 3 is 2.88 bits per heavy atom. The predicted octanol–water partition coefficient (Wildman–Crippen LogP) is 2.35. The lowest BCUT2D eigenvalue weighted by atomic mass is 9.98. The molecule has 9 nitrogen and oxygen atoms in total. The van der Waals surface area contributed by atoms with Gasteiger partial charge in [0.2, 0.25) is 5.95 Å². The lowest BCUT2D eigenvalue weighted by Crippen LogP contribution is -2.38. The molecular weight excluding hydrogens is 412 g/mol. The van der Waals surface area contributed by atoms with Gasteiger partial charge in [0.15, 0.2) is 5.75 Å². The number of nitrogen functional groups attached to an aromatic ring is 1. The first-order chi connectivity index (χ1) is 15.5. The van der Waals surface area contributed by atoms with E-state index in [4.69, 9.17) is 15.6 Å². The minimum atomic E-state index is -0.332. The molecule has 9 heteroatoms. The van der Waals surface area contributed by atoms with Gasteiger partial charge >= 0.3 is 5.97 Å². The molecule has 3 N–H and O–H groups in total. The summed E-state index contributed by atoms with van der Waals surface area (Å²) in [4.78, 5) is 30.3. The van der Waals surface area contributed by atoms with Crippen LogP contribution in [0, 0.1) is 0 Å². The Kier molecular flexibility index (Phi) is 6.27. The third-order valence-corrected chi connectivity index (χ3v) is 5.60. The number of hydrogen-bond donors (Lipinski definition) is 2. The quantitative estimate of drug-likeness (QED) is 0.518. The number of ether oxygens (including phenoxy) is 2. The molecule has 0 spiro atoms. The van der Waals surface area contributed by atoms with E-state index in [1.54, 1.807) is 17.0 Å². The summed E-state index contributed by atoms with van der Waals surface area (Å²) in [6.07, 6.45) is 1.43. The summed E-state index contributed by atoms with van der Waals surface area (Å²) in [5.74, 6) is 1.11. The van der Waals surface area contributed by atoms with E-state index in [1.165, 1.54) is 7.11 Å². The fraction of sp³-hybridized carbons (Fsp3) is 0.348. The Labute approximate surface area is 185 Å². The Balaban J connectivity index is 1.54. The molecule has 4 rings (SSSR count). The first-order valence-electron chi connectivity index (χ1n) is 10.5. The number of nitrogens with two attached hydrogens (primary N) is 1. The molecule has 0 unspecified atom stereocenters. The highest BCUT2D eigenvalue weighted by Gasteiger charge is 2.25. The lowest BCUT2D eigenvalue weighted by molar-refractivity contribution is -0.140. The van der Waals surface area contributed by atoms with Crippen LogP contribution in [0.25, 0.3) is 11.0 Å². The van der Waals surface area contributed by atoms with Gasteiger partial charge in [-0.15, -0.1) is 0 Å². The number of aliphatic hydroxyl groups is 1. The second kappa shape index (κ2) is 9.27. The maximum absolute atomic E-state index is 12.8. The van der Waals surface area contributed by atoms with E-state index in [0.717, 1.165) is 11.1 Å². The molecular formula is C23H26N4O5. The number of carbonyl (C=O) groups excluding carboxylic acids is 2. The monoisotopic (exact) mass is 438 g/mol. The van der Waals surface area contributed by atoms with E-state index in [2.05, 4.69) is 9.72 Å². The van der Waals surface area contributed by atoms with Gasteiger partial charge in [-0.1, -0.05) is 6.07 Å². The van der Waals surface area contributed by atoms with Crippen molar-refractivity contribution < 1.29 is 24.2 Å². The normalized spacial score (nSPS) is 13.3. The molecule has 0 saturated carbocycles. The number of fused-ring (bicyclic) bond motifs is 2. The number of aryl methyl sites for hydroxylation is 1. The average Bonchev–Trinajstić information content (AvgIpc) is 3.13. The molecule has 168 valence electrons. The summed E-state index contributed by atoms with van der Waals surface area (Å²) in [7, 11) is 1.34. The van der Waals surface area contributed by atoms with Crippen LogP contribution in [0.15, 0.2) is 36.4 Å². The van der Waals surface area contributed by atoms with E-state index in [-0.39, 0.29) is 24.9 Å². The topological polar surface area (TPSA) is 120 Å². The molecule has 0 fully saturated rings. The van der Waals surface area contributed by atoms with Crippen LogP contribution in [-0.2, 0) is 22.5 Å². The van der Waals surface area contributed by atoms with Gasteiger partial charge in [0.05, 0.1) is 19.0 Å². The lowest BCUT2D eigenvalue weighted by Gasteiger charge is -2.28. The highest BCUT2D eigenvalue weighted by Crippen LogP contribution is 2.32. The van der Waals surface area contributed by atoms with E-state index in [0.29, 0.717) is 61.0 Å². The first kappa shape index (κ1) is 21.6. The number of para-hydroxylation sites is 1. The standard InChI is InChI=1S/C23H26N4O5/c1-31-20(29)9-12-26-11-8-15-14-16(6-7-17(15)22(26)30)32-19-5-2-4-18-21(19)25-23(24)27(18)10-3-13-28/h2,4-7,14,28H,3,8-13H2,1H3,(H2,24,25). The maximum Gasteiger partial charge on any atom is 0.307 e. The van der Waals surface area contributed by atoms with Gasteiger partial charge in [0.1, 0.15) is 11.3 Å². The van der Waals surface area contributed by atoms with Crippen molar-refractivity contribution in [2.45, 2.75) is 25.8 Å². The highest BCUT2D eigenvalue weighted by molar-refractivity contribution is 5.97. The number of carbonyl (C=O) groups is 2. The van der Waals surface area contributed by atoms with Crippen LogP contribution in [0.1, 0.15) is 28.8 Å². The molecule has 1 aliphatic heterocycles. The van der Waals surface area contributed by atoms with Crippen molar-refractivity contribution in [1.82, 2.24) is 14.5 Å². The van der Waals surface area contributed by atoms with Crippen LogP contribution in [0.2, 0.25) is 0 Å². The number of esters is 1. The third-order valence-electron chi connectivity index (χ3n) is 5.60. The summed E-state index contributed by atoms with van der Waals surface area (Å²) in [5, 5.41) is 9.13. The zero-order valence-electron chi connectivity index (χ0n) is 17.9. The molecule has 2 aromatic carbocycles. The Morgan fingerprint density at radius 2 is 2.09 bits per heavy atom. The Bertz CT molecular complexity index is 1160. The number of aromatic nitrogens is 2. The van der Waals surface area contributed by atoms with Gasteiger partial charge in [0.25, 0.3) is 5.91 Å². The minimum absolute atomic E-state index is 0.0727. The number of anilines is 1. The van der Waals surface area contributed by atoms with Crippen LogP contribution in [0.3, 0.4) is 0 Å². The molecule has 0 atom stereocenters. The van der Waals surface area contributed by atoms with Crippen molar-refractivity contribution in [3.63, 3.8) is 0 Å². The fourth-order valence-electron chi connectivity index (χ4n) is 3.93. The van der Waals surface area contributed by atoms with Gasteiger partial charge in [-0.25, -0.2) is 4.98 Å². The third kappa shape index (κ3) is 4.24. The van der Waals surface area contributed by atoms with E-state index < -0.39 is 0 Å². The Hall–Kier alpha value is -3.59. The number of hydrogen-bond acceptors (Lipinski definition) is 7. The summed E-state index contributed by atoms with van der Waals surface area (Å²) < 4.78 is 12.6. The van der Waals surface area contributed by atoms with Crippen LogP contribution in [-0.4, -0.2) is 58.2 Å². The van der Waals surface area contributed by atoms with Gasteiger partial charge in [-0.2, -0.15) is 0 Å². The molecule has 3 aromatic rings. The van der Waals surface area contributed by atoms with Crippen molar-refractivity contribution in [3.8, 4) is 11.5 Å². The van der Waals surface area contributed by atoms with Gasteiger partial charge in [0, 0.05) is 31.8 Å². The van der Waals surface area contributed by atoms with Gasteiger partial charge in [-0.3, -0.25) is 9.59 Å². The summed E-state index contributed by atoms with van der Waals surface area (Å²) in [5.41, 5.74) is 9.07. The van der Waals surface area contributed by atoms with Gasteiger partial charge in [-0.05, 0) is 48.7 Å². The summed E-state index contributed by atoms with van der Waals surface area (Å²) in [6, 6.07) is 11.0. The number of amides is 1. The largest absolute Gasteiger partial charge is 0.469 e. The predicted molar refractivity (Wildman–Crippen MR) is 119 cm³/mol. The van der Waals surface area contributed by atoms with Crippen LogP contribution in [0.5, 0.6) is 11.5 Å². The minimum Gasteiger partial charge on any atom is -0.469 e. The Morgan fingerprint density at radius 1 is 1.25 bits per heavy atom. The number of aliphatic hydroxyl groups excluding tert-OH is 1. The molecule has 0 bridgehead atoms. The molecule has 32 heavy (non-hydrogen) atoms. The number of benzene rings is 2. The number of nitrogens with zero attached hydrogens (tertiary/aromatic N) is 3. The zero-order chi connectivity index (χ0) is 22.7. The number of methoxy groups -OCH3 is 1. The second-order valence-corrected chi connectivity index (χ2v) is 7.61. The fourth-order valence-corrected chi connectivity index (χ4v) is 3.93. The van der Waals surface area contributed by atoms with Crippen molar-refractivity contribution in [1.29, 1.82) is 0 Å². The van der Waals surface area contributed by atoms with Crippen LogP contribution >= 0.6 is 0 Å². The number of rotatable bonds is 8. The molecule has 1 amide bonds. The smallest absolute Gasteiger partial charge is 0.307 e. The van der Waals surface area contributed by atoms with E-state index in [9.17, 15) is 9.59 Å². The van der Waals surface area contributed by atoms with Crippen molar-refractivity contribution in [2.75, 3.05) is 32.5 Å². The molecule has 1 aliphatic rings. The summed E-state index contributed by atoms with van der Waals surface area (Å²) >= 11 is 0. The second-order valence-electron chi connectivity index (χ2n) is 7.61. The highest BCUT2D eigenvalue weighted by atomic mass is 16.5. The molecule has 0 radical (unpaired) electrons. The molecule has 1 aromatic heterocycles. The van der Waals surface area contributed by atoms with E-state index in [1.807, 2.05) is 28.8 Å². The zero-order valence-corrected chi connectivity index (χ0v) is 17.9. The molecule has 0 aliphatic carbocycles.